The van der Waals surface area contributed by atoms with Gasteiger partial charge in [0.05, 0.1) is 5.56 Å². The summed E-state index contributed by atoms with van der Waals surface area (Å²) in [5.41, 5.74) is 2.16. The number of carbonyl (C=O) groups is 1. The van der Waals surface area contributed by atoms with Crippen molar-refractivity contribution in [2.45, 2.75) is 38.3 Å². The van der Waals surface area contributed by atoms with Crippen molar-refractivity contribution in [3.05, 3.63) is 59.7 Å². The van der Waals surface area contributed by atoms with Gasteiger partial charge in [0.15, 0.2) is 0 Å². The fourth-order valence-electron chi connectivity index (χ4n) is 4.40. The second-order valence-corrected chi connectivity index (χ2v) is 7.90. The smallest absolute Gasteiger partial charge is 0.253 e. The first kappa shape index (κ1) is 17.3. The van der Waals surface area contributed by atoms with Gasteiger partial charge in [-0.3, -0.25) is 9.69 Å². The van der Waals surface area contributed by atoms with Crippen LogP contribution in [0.3, 0.4) is 0 Å². The number of aryl methyl sites for hydroxylation is 1. The van der Waals surface area contributed by atoms with Crippen molar-refractivity contribution >= 4 is 5.91 Å². The van der Waals surface area contributed by atoms with Crippen LogP contribution in [-0.4, -0.2) is 34.5 Å². The van der Waals surface area contributed by atoms with Crippen LogP contribution < -0.4 is 5.32 Å². The Morgan fingerprint density at radius 1 is 1.19 bits per heavy atom. The van der Waals surface area contributed by atoms with Crippen LogP contribution in [0, 0.1) is 11.2 Å². The molecule has 5 heteroatoms. The number of nitrogens with zero attached hydrogens (tertiary/aromatic N) is 2. The van der Waals surface area contributed by atoms with Crippen molar-refractivity contribution in [2.24, 2.45) is 12.5 Å². The summed E-state index contributed by atoms with van der Waals surface area (Å²) < 4.78 is 14.9. The molecule has 1 saturated heterocycles. The van der Waals surface area contributed by atoms with Gasteiger partial charge in [0.2, 0.25) is 0 Å². The van der Waals surface area contributed by atoms with E-state index in [-0.39, 0.29) is 17.1 Å². The Morgan fingerprint density at radius 3 is 2.50 bits per heavy atom. The second kappa shape index (κ2) is 6.88. The highest BCUT2D eigenvalue weighted by Crippen LogP contribution is 2.49. The largest absolute Gasteiger partial charge is 0.356 e. The van der Waals surface area contributed by atoms with Gasteiger partial charge in [0.25, 0.3) is 5.91 Å². The number of halogens is 1. The second-order valence-electron chi connectivity index (χ2n) is 7.90. The summed E-state index contributed by atoms with van der Waals surface area (Å²) in [5.74, 6) is -0.138. The van der Waals surface area contributed by atoms with Crippen molar-refractivity contribution in [2.75, 3.05) is 13.1 Å². The molecule has 1 aromatic carbocycles. The molecule has 1 spiro atoms. The number of nitrogens with one attached hydrogen (secondary N) is 1. The fraction of sp³-hybridized carbons (Fsp3) is 0.476. The predicted octanol–water partition coefficient (Wildman–Crippen LogP) is 3.34. The fourth-order valence-corrected chi connectivity index (χ4v) is 4.40. The van der Waals surface area contributed by atoms with E-state index in [9.17, 15) is 9.18 Å². The topological polar surface area (TPSA) is 37.3 Å². The van der Waals surface area contributed by atoms with E-state index in [0.29, 0.717) is 6.04 Å². The van der Waals surface area contributed by atoms with E-state index in [4.69, 9.17) is 0 Å². The van der Waals surface area contributed by atoms with Crippen LogP contribution in [0.5, 0.6) is 0 Å². The van der Waals surface area contributed by atoms with E-state index < -0.39 is 0 Å². The van der Waals surface area contributed by atoms with Gasteiger partial charge in [-0.15, -0.1) is 0 Å². The summed E-state index contributed by atoms with van der Waals surface area (Å²) in [6.45, 7) is 2.95. The van der Waals surface area contributed by atoms with Crippen LogP contribution in [-0.2, 0) is 13.6 Å². The molecule has 1 unspecified atom stereocenters. The first-order valence-electron chi connectivity index (χ1n) is 9.44. The van der Waals surface area contributed by atoms with Gasteiger partial charge in [-0.25, -0.2) is 4.39 Å². The lowest BCUT2D eigenvalue weighted by atomic mass is 9.59. The van der Waals surface area contributed by atoms with Gasteiger partial charge >= 0.3 is 0 Å². The Balaban J connectivity index is 1.31. The summed E-state index contributed by atoms with van der Waals surface area (Å²) in [6, 6.07) is 8.95. The molecular formula is C21H26FN3O. The number of hydrogen-bond donors (Lipinski definition) is 1. The van der Waals surface area contributed by atoms with E-state index >= 15 is 0 Å². The number of likely N-dealkylation sites (tertiary alicyclic amines) is 1. The van der Waals surface area contributed by atoms with Gasteiger partial charge in [-0.1, -0.05) is 12.1 Å². The molecular weight excluding hydrogens is 329 g/mol. The maximum Gasteiger partial charge on any atom is 0.253 e. The molecule has 2 aromatic rings. The van der Waals surface area contributed by atoms with Crippen LogP contribution in [0.15, 0.2) is 42.7 Å². The monoisotopic (exact) mass is 355 g/mol. The molecule has 1 N–H and O–H groups in total. The van der Waals surface area contributed by atoms with Crippen LogP contribution in [0.2, 0.25) is 0 Å². The Labute approximate surface area is 154 Å². The first-order valence-corrected chi connectivity index (χ1v) is 9.44. The average Bonchev–Trinajstić information content (AvgIpc) is 3.08. The standard InChI is InChI=1S/C21H26FN3O/c1-24-11-7-17(15-24)20(26)23-19-6-8-21(19)9-12-25(13-10-21)14-16-2-4-18(22)5-3-16/h2-5,7,11,15,19H,6,8-10,12-14H2,1H3,(H,23,26). The molecule has 1 saturated carbocycles. The summed E-state index contributed by atoms with van der Waals surface area (Å²) in [4.78, 5) is 14.9. The molecule has 4 nitrogen and oxygen atoms in total. The number of piperidine rings is 1. The minimum Gasteiger partial charge on any atom is -0.356 e. The molecule has 26 heavy (non-hydrogen) atoms. The number of hydrogen-bond acceptors (Lipinski definition) is 2. The van der Waals surface area contributed by atoms with Gasteiger partial charge in [-0.2, -0.15) is 0 Å². The SMILES string of the molecule is Cn1ccc(C(=O)NC2CCC23CCN(Cc2ccc(F)cc2)CC3)c1. The minimum absolute atomic E-state index is 0.0448. The van der Waals surface area contributed by atoms with E-state index in [1.54, 1.807) is 0 Å². The van der Waals surface area contributed by atoms with Crippen molar-refractivity contribution < 1.29 is 9.18 Å². The molecule has 1 aliphatic carbocycles. The molecule has 1 aromatic heterocycles. The van der Waals surface area contributed by atoms with Gasteiger partial charge in [-0.05, 0) is 68.0 Å². The summed E-state index contributed by atoms with van der Waals surface area (Å²) in [5, 5.41) is 3.26. The zero-order valence-electron chi connectivity index (χ0n) is 15.2. The van der Waals surface area contributed by atoms with Crippen molar-refractivity contribution in [1.29, 1.82) is 0 Å². The molecule has 0 radical (unpaired) electrons. The van der Waals surface area contributed by atoms with E-state index in [2.05, 4.69) is 10.2 Å². The van der Waals surface area contributed by atoms with E-state index in [0.717, 1.165) is 50.0 Å². The normalized spacial score (nSPS) is 22.2. The lowest BCUT2D eigenvalue weighted by Gasteiger charge is -2.54. The summed E-state index contributed by atoms with van der Waals surface area (Å²) in [6.07, 6.45) is 8.29. The minimum atomic E-state index is -0.183. The Bertz CT molecular complexity index is 775. The number of rotatable bonds is 4. The number of aromatic nitrogens is 1. The molecule has 1 amide bonds. The van der Waals surface area contributed by atoms with Crippen molar-refractivity contribution in [3.63, 3.8) is 0 Å². The maximum atomic E-state index is 13.0. The highest BCUT2D eigenvalue weighted by molar-refractivity contribution is 5.94. The lowest BCUT2D eigenvalue weighted by molar-refractivity contribution is -0.00710. The highest BCUT2D eigenvalue weighted by atomic mass is 19.1. The highest BCUT2D eigenvalue weighted by Gasteiger charge is 2.48. The van der Waals surface area contributed by atoms with E-state index in [1.807, 2.05) is 42.2 Å². The number of benzene rings is 1. The molecule has 1 atom stereocenters. The number of carbonyl (C=O) groups excluding carboxylic acids is 1. The summed E-state index contributed by atoms with van der Waals surface area (Å²) in [7, 11) is 1.93. The van der Waals surface area contributed by atoms with Crippen LogP contribution in [0.1, 0.15) is 41.6 Å². The predicted molar refractivity (Wildman–Crippen MR) is 99.2 cm³/mol. The molecule has 2 fully saturated rings. The quantitative estimate of drug-likeness (QED) is 0.913. The molecule has 1 aliphatic heterocycles. The Kier molecular flexibility index (Phi) is 4.57. The third-order valence-corrected chi connectivity index (χ3v) is 6.24. The van der Waals surface area contributed by atoms with Crippen LogP contribution in [0.25, 0.3) is 0 Å². The van der Waals surface area contributed by atoms with E-state index in [1.165, 1.54) is 18.6 Å². The Hall–Kier alpha value is -2.14. The molecule has 4 rings (SSSR count). The zero-order valence-corrected chi connectivity index (χ0v) is 15.2. The first-order chi connectivity index (χ1) is 12.5. The maximum absolute atomic E-state index is 13.0. The third-order valence-electron chi connectivity index (χ3n) is 6.24. The van der Waals surface area contributed by atoms with Crippen molar-refractivity contribution in [1.82, 2.24) is 14.8 Å². The molecule has 2 aliphatic rings. The molecule has 138 valence electrons. The molecule has 2 heterocycles. The third kappa shape index (κ3) is 3.40. The molecule has 0 bridgehead atoms. The zero-order chi connectivity index (χ0) is 18.1. The van der Waals surface area contributed by atoms with Gasteiger partial charge < -0.3 is 9.88 Å². The van der Waals surface area contributed by atoms with Crippen LogP contribution in [0.4, 0.5) is 4.39 Å². The van der Waals surface area contributed by atoms with Crippen LogP contribution >= 0.6 is 0 Å². The van der Waals surface area contributed by atoms with Gasteiger partial charge in [0, 0.05) is 32.0 Å². The summed E-state index contributed by atoms with van der Waals surface area (Å²) >= 11 is 0. The van der Waals surface area contributed by atoms with Crippen molar-refractivity contribution in [3.8, 4) is 0 Å². The lowest BCUT2D eigenvalue weighted by Crippen LogP contribution is -2.59. The average molecular weight is 355 g/mol. The number of amides is 1. The Morgan fingerprint density at radius 2 is 1.92 bits per heavy atom. The van der Waals surface area contributed by atoms with Gasteiger partial charge in [0.1, 0.15) is 5.82 Å².